The quantitative estimate of drug-likeness (QED) is 0.779. The van der Waals surface area contributed by atoms with Crippen molar-refractivity contribution in [2.45, 2.75) is 0 Å². The fourth-order valence-electron chi connectivity index (χ4n) is 1.90. The predicted octanol–water partition coefficient (Wildman–Crippen LogP) is 2.37. The number of nitrogens with zero attached hydrogens (tertiary/aromatic N) is 3. The summed E-state index contributed by atoms with van der Waals surface area (Å²) >= 11 is 0. The Labute approximate surface area is 111 Å². The van der Waals surface area contributed by atoms with Gasteiger partial charge in [-0.2, -0.15) is 0 Å². The van der Waals surface area contributed by atoms with Gasteiger partial charge in [0.15, 0.2) is 11.3 Å². The number of hydrogen-bond acceptors (Lipinski definition) is 3. The first-order valence-corrected chi connectivity index (χ1v) is 5.58. The Morgan fingerprint density at radius 2 is 2.10 bits per heavy atom. The topological polar surface area (TPSA) is 67.5 Å². The number of aromatic carboxylic acids is 1. The van der Waals surface area contributed by atoms with Crippen LogP contribution in [0.5, 0.6) is 0 Å². The third kappa shape index (κ3) is 1.89. The Morgan fingerprint density at radius 1 is 1.30 bits per heavy atom. The molecule has 3 rings (SSSR count). The molecule has 20 heavy (non-hydrogen) atoms. The first-order chi connectivity index (χ1) is 9.56. The molecule has 1 N–H and O–H groups in total. The standard InChI is InChI=1S/C13H7F2N3O2/c14-7-1-2-8(9(15)5-7)10-6-18-4-3-16-11(13(19)20)12(18)17-10/h1-6H,(H,19,20). The molecule has 2 aromatic heterocycles. The van der Waals surface area contributed by atoms with E-state index in [-0.39, 0.29) is 22.6 Å². The van der Waals surface area contributed by atoms with Gasteiger partial charge in [0.25, 0.3) is 0 Å². The van der Waals surface area contributed by atoms with Gasteiger partial charge in [-0.1, -0.05) is 0 Å². The van der Waals surface area contributed by atoms with Gasteiger partial charge in [0.2, 0.25) is 0 Å². The van der Waals surface area contributed by atoms with Gasteiger partial charge in [-0.15, -0.1) is 0 Å². The second-order valence-electron chi connectivity index (χ2n) is 4.06. The average Bonchev–Trinajstić information content (AvgIpc) is 2.81. The molecule has 0 aliphatic heterocycles. The highest BCUT2D eigenvalue weighted by Gasteiger charge is 2.16. The van der Waals surface area contributed by atoms with E-state index in [4.69, 9.17) is 5.11 Å². The third-order valence-corrected chi connectivity index (χ3v) is 2.78. The second-order valence-corrected chi connectivity index (χ2v) is 4.06. The van der Waals surface area contributed by atoms with Crippen molar-refractivity contribution >= 4 is 11.6 Å². The maximum absolute atomic E-state index is 13.7. The van der Waals surface area contributed by atoms with E-state index in [0.29, 0.717) is 0 Å². The molecule has 0 atom stereocenters. The molecular formula is C13H7F2N3O2. The maximum atomic E-state index is 13.7. The Kier molecular flexibility index (Phi) is 2.67. The molecule has 0 aliphatic carbocycles. The van der Waals surface area contributed by atoms with Gasteiger partial charge in [0.1, 0.15) is 11.6 Å². The molecule has 0 saturated carbocycles. The fraction of sp³-hybridized carbons (Fsp3) is 0. The highest BCUT2D eigenvalue weighted by molar-refractivity contribution is 5.92. The van der Waals surface area contributed by atoms with Gasteiger partial charge in [0, 0.05) is 30.2 Å². The molecule has 0 bridgehead atoms. The van der Waals surface area contributed by atoms with Crippen molar-refractivity contribution in [1.82, 2.24) is 14.4 Å². The highest BCUT2D eigenvalue weighted by atomic mass is 19.1. The number of fused-ring (bicyclic) bond motifs is 1. The molecule has 0 saturated heterocycles. The van der Waals surface area contributed by atoms with Crippen molar-refractivity contribution in [3.8, 4) is 11.3 Å². The molecule has 0 unspecified atom stereocenters. The van der Waals surface area contributed by atoms with Crippen LogP contribution in [-0.4, -0.2) is 25.4 Å². The number of imidazole rings is 1. The number of carboxylic acids is 1. The lowest BCUT2D eigenvalue weighted by molar-refractivity contribution is 0.0692. The van der Waals surface area contributed by atoms with Crippen LogP contribution < -0.4 is 0 Å². The Balaban J connectivity index is 2.23. The minimum Gasteiger partial charge on any atom is -0.476 e. The predicted molar refractivity (Wildman–Crippen MR) is 65.3 cm³/mol. The molecule has 0 amide bonds. The summed E-state index contributed by atoms with van der Waals surface area (Å²) in [7, 11) is 0. The molecule has 0 radical (unpaired) electrons. The summed E-state index contributed by atoms with van der Waals surface area (Å²) in [6.07, 6.45) is 4.27. The molecule has 3 aromatic rings. The molecule has 100 valence electrons. The molecule has 1 aromatic carbocycles. The van der Waals surface area contributed by atoms with Crippen LogP contribution in [0.25, 0.3) is 16.9 Å². The molecule has 0 spiro atoms. The number of carboxylic acid groups (broad SMARTS) is 1. The summed E-state index contributed by atoms with van der Waals surface area (Å²) in [5, 5.41) is 9.01. The summed E-state index contributed by atoms with van der Waals surface area (Å²) in [5.74, 6) is -2.69. The molecule has 2 heterocycles. The van der Waals surface area contributed by atoms with Crippen LogP contribution in [-0.2, 0) is 0 Å². The lowest BCUT2D eigenvalue weighted by Crippen LogP contribution is -2.03. The van der Waals surface area contributed by atoms with Crippen molar-refractivity contribution in [1.29, 1.82) is 0 Å². The molecule has 5 nitrogen and oxygen atoms in total. The molecular weight excluding hydrogens is 268 g/mol. The molecule has 0 fully saturated rings. The highest BCUT2D eigenvalue weighted by Crippen LogP contribution is 2.23. The maximum Gasteiger partial charge on any atom is 0.358 e. The third-order valence-electron chi connectivity index (χ3n) is 2.78. The van der Waals surface area contributed by atoms with Crippen LogP contribution >= 0.6 is 0 Å². The van der Waals surface area contributed by atoms with Gasteiger partial charge in [-0.25, -0.2) is 23.5 Å². The van der Waals surface area contributed by atoms with E-state index < -0.39 is 17.6 Å². The normalized spacial score (nSPS) is 10.9. The number of halogens is 2. The van der Waals surface area contributed by atoms with E-state index in [1.807, 2.05) is 0 Å². The van der Waals surface area contributed by atoms with Gasteiger partial charge in [0.05, 0.1) is 5.69 Å². The fourth-order valence-corrected chi connectivity index (χ4v) is 1.90. The average molecular weight is 275 g/mol. The number of benzene rings is 1. The van der Waals surface area contributed by atoms with Crippen LogP contribution in [0.15, 0.2) is 36.8 Å². The van der Waals surface area contributed by atoms with Crippen LogP contribution in [0.1, 0.15) is 10.5 Å². The first kappa shape index (κ1) is 12.2. The van der Waals surface area contributed by atoms with Crippen molar-refractivity contribution in [2.75, 3.05) is 0 Å². The monoisotopic (exact) mass is 275 g/mol. The van der Waals surface area contributed by atoms with E-state index in [0.717, 1.165) is 12.1 Å². The van der Waals surface area contributed by atoms with E-state index in [9.17, 15) is 13.6 Å². The van der Waals surface area contributed by atoms with Crippen LogP contribution in [0, 0.1) is 11.6 Å². The largest absolute Gasteiger partial charge is 0.476 e. The summed E-state index contributed by atoms with van der Waals surface area (Å²) in [6, 6.07) is 3.11. The summed E-state index contributed by atoms with van der Waals surface area (Å²) in [4.78, 5) is 18.8. The van der Waals surface area contributed by atoms with E-state index in [2.05, 4.69) is 9.97 Å². The number of rotatable bonds is 2. The Bertz CT molecular complexity index is 830. The van der Waals surface area contributed by atoms with Gasteiger partial charge in [-0.05, 0) is 12.1 Å². The van der Waals surface area contributed by atoms with Crippen LogP contribution in [0.3, 0.4) is 0 Å². The van der Waals surface area contributed by atoms with E-state index in [1.165, 1.54) is 29.1 Å². The van der Waals surface area contributed by atoms with E-state index in [1.54, 1.807) is 0 Å². The summed E-state index contributed by atoms with van der Waals surface area (Å²) < 4.78 is 28.0. The summed E-state index contributed by atoms with van der Waals surface area (Å²) in [6.45, 7) is 0. The molecule has 0 aliphatic rings. The Hall–Kier alpha value is -2.83. The lowest BCUT2D eigenvalue weighted by atomic mass is 10.1. The number of aromatic nitrogens is 3. The zero-order chi connectivity index (χ0) is 14.3. The minimum atomic E-state index is -1.23. The van der Waals surface area contributed by atoms with Crippen molar-refractivity contribution in [3.05, 3.63) is 54.1 Å². The van der Waals surface area contributed by atoms with Gasteiger partial charge in [-0.3, -0.25) is 0 Å². The van der Waals surface area contributed by atoms with Crippen molar-refractivity contribution < 1.29 is 18.7 Å². The van der Waals surface area contributed by atoms with Crippen LogP contribution in [0.4, 0.5) is 8.78 Å². The van der Waals surface area contributed by atoms with Crippen molar-refractivity contribution in [3.63, 3.8) is 0 Å². The SMILES string of the molecule is O=C(O)c1nccn2cc(-c3ccc(F)cc3F)nc12. The second kappa shape index (κ2) is 4.37. The molecule has 7 heteroatoms. The van der Waals surface area contributed by atoms with Gasteiger partial charge >= 0.3 is 5.97 Å². The lowest BCUT2D eigenvalue weighted by Gasteiger charge is -1.98. The summed E-state index contributed by atoms with van der Waals surface area (Å²) in [5.41, 5.74) is 0.157. The van der Waals surface area contributed by atoms with Gasteiger partial charge < -0.3 is 9.51 Å². The van der Waals surface area contributed by atoms with E-state index >= 15 is 0 Å². The first-order valence-electron chi connectivity index (χ1n) is 5.58. The zero-order valence-corrected chi connectivity index (χ0v) is 9.92. The number of carbonyl (C=O) groups is 1. The zero-order valence-electron chi connectivity index (χ0n) is 9.92. The van der Waals surface area contributed by atoms with Crippen molar-refractivity contribution in [2.24, 2.45) is 0 Å². The smallest absolute Gasteiger partial charge is 0.358 e. The van der Waals surface area contributed by atoms with Crippen LogP contribution in [0.2, 0.25) is 0 Å². The minimum absolute atomic E-state index is 0.0893. The Morgan fingerprint density at radius 3 is 2.80 bits per heavy atom. The number of hydrogen-bond donors (Lipinski definition) is 1.